The lowest BCUT2D eigenvalue weighted by molar-refractivity contribution is 0.0596. The second-order valence-corrected chi connectivity index (χ2v) is 9.19. The SMILES string of the molecule is COC(=O)c1c(OCc2c(F)cc(Cl)cc2F)nsc1NC(=O)NCCC(O)CCN1CCCC1. The molecule has 1 aliphatic heterocycles. The lowest BCUT2D eigenvalue weighted by atomic mass is 10.2. The molecule has 0 aliphatic carbocycles. The molecule has 9 nitrogen and oxygen atoms in total. The maximum absolute atomic E-state index is 14.0. The number of aliphatic hydroxyl groups excluding tert-OH is 1. The number of methoxy groups -OCH3 is 1. The fourth-order valence-corrected chi connectivity index (χ4v) is 4.48. The molecular weight excluding hydrogens is 506 g/mol. The number of halogens is 3. The molecule has 13 heteroatoms. The molecule has 1 fully saturated rings. The van der Waals surface area contributed by atoms with Gasteiger partial charge in [-0.2, -0.15) is 4.37 Å². The van der Waals surface area contributed by atoms with Crippen molar-refractivity contribution in [3.05, 3.63) is 39.9 Å². The van der Waals surface area contributed by atoms with Crippen molar-refractivity contribution in [2.24, 2.45) is 0 Å². The van der Waals surface area contributed by atoms with Gasteiger partial charge >= 0.3 is 12.0 Å². The van der Waals surface area contributed by atoms with Gasteiger partial charge in [0.15, 0.2) is 5.56 Å². The molecule has 0 bridgehead atoms. The largest absolute Gasteiger partial charge is 0.471 e. The second-order valence-electron chi connectivity index (χ2n) is 7.98. The van der Waals surface area contributed by atoms with Crippen LogP contribution in [0.1, 0.15) is 41.6 Å². The number of nitrogens with zero attached hydrogens (tertiary/aromatic N) is 2. The highest BCUT2D eigenvalue weighted by molar-refractivity contribution is 7.11. The molecule has 3 rings (SSSR count). The normalized spacial score (nSPS) is 14.5. The van der Waals surface area contributed by atoms with E-state index in [-0.39, 0.29) is 28.0 Å². The van der Waals surface area contributed by atoms with Crippen LogP contribution in [0.5, 0.6) is 5.88 Å². The van der Waals surface area contributed by atoms with Crippen LogP contribution >= 0.6 is 23.1 Å². The molecule has 1 aromatic carbocycles. The van der Waals surface area contributed by atoms with Gasteiger partial charge in [-0.15, -0.1) is 0 Å². The summed E-state index contributed by atoms with van der Waals surface area (Å²) in [6.45, 7) is 2.59. The Bertz CT molecular complexity index is 1010. The number of urea groups is 1. The maximum atomic E-state index is 14.0. The zero-order valence-electron chi connectivity index (χ0n) is 19.1. The molecule has 1 unspecified atom stereocenters. The number of aliphatic hydroxyl groups is 1. The lowest BCUT2D eigenvalue weighted by Gasteiger charge is -2.17. The first-order chi connectivity index (χ1) is 16.8. The summed E-state index contributed by atoms with van der Waals surface area (Å²) in [5.74, 6) is -2.92. The van der Waals surface area contributed by atoms with Crippen LogP contribution in [0.3, 0.4) is 0 Å². The van der Waals surface area contributed by atoms with Crippen molar-refractivity contribution in [3.63, 3.8) is 0 Å². The van der Waals surface area contributed by atoms with Gasteiger partial charge in [0.05, 0.1) is 18.8 Å². The van der Waals surface area contributed by atoms with Gasteiger partial charge in [-0.3, -0.25) is 5.32 Å². The van der Waals surface area contributed by atoms with Crippen LogP contribution in [-0.2, 0) is 11.3 Å². The lowest BCUT2D eigenvalue weighted by Crippen LogP contribution is -2.32. The summed E-state index contributed by atoms with van der Waals surface area (Å²) >= 11 is 6.36. The number of esters is 1. The second kappa shape index (κ2) is 13.0. The van der Waals surface area contributed by atoms with E-state index in [2.05, 4.69) is 19.9 Å². The van der Waals surface area contributed by atoms with Crippen molar-refractivity contribution in [1.29, 1.82) is 0 Å². The number of aromatic nitrogens is 1. The Morgan fingerprint density at radius 1 is 1.26 bits per heavy atom. The Kier molecular flexibility index (Phi) is 10.0. The smallest absolute Gasteiger partial charge is 0.346 e. The highest BCUT2D eigenvalue weighted by Crippen LogP contribution is 2.32. The number of nitrogens with one attached hydrogen (secondary N) is 2. The third kappa shape index (κ3) is 7.72. The Balaban J connectivity index is 1.54. The third-order valence-electron chi connectivity index (χ3n) is 5.48. The number of hydrogen-bond donors (Lipinski definition) is 3. The number of anilines is 1. The summed E-state index contributed by atoms with van der Waals surface area (Å²) in [5, 5.41) is 15.2. The van der Waals surface area contributed by atoms with Crippen molar-refractivity contribution < 1.29 is 33.0 Å². The first-order valence-electron chi connectivity index (χ1n) is 11.1. The van der Waals surface area contributed by atoms with E-state index in [1.54, 1.807) is 0 Å². The third-order valence-corrected chi connectivity index (χ3v) is 6.44. The average Bonchev–Trinajstić information content (AvgIpc) is 3.46. The number of carbonyl (C=O) groups excluding carboxylic acids is 2. The highest BCUT2D eigenvalue weighted by Gasteiger charge is 2.25. The Hall–Kier alpha value is -2.54. The van der Waals surface area contributed by atoms with E-state index in [0.29, 0.717) is 12.8 Å². The predicted molar refractivity (Wildman–Crippen MR) is 127 cm³/mol. The molecule has 3 N–H and O–H groups in total. The van der Waals surface area contributed by atoms with Crippen LogP contribution in [0.4, 0.5) is 18.6 Å². The van der Waals surface area contributed by atoms with Crippen LogP contribution in [0.2, 0.25) is 5.02 Å². The zero-order chi connectivity index (χ0) is 25.4. The molecule has 1 saturated heterocycles. The molecule has 2 heterocycles. The minimum absolute atomic E-state index is 0.0379. The average molecular weight is 533 g/mol. The van der Waals surface area contributed by atoms with Crippen molar-refractivity contribution >= 4 is 40.1 Å². The minimum Gasteiger partial charge on any atom is -0.471 e. The molecular formula is C22H27ClF2N4O5S. The van der Waals surface area contributed by atoms with Crippen molar-refractivity contribution in [1.82, 2.24) is 14.6 Å². The molecule has 2 aromatic rings. The van der Waals surface area contributed by atoms with Gasteiger partial charge in [-0.25, -0.2) is 18.4 Å². The first kappa shape index (κ1) is 27.1. The fraction of sp³-hybridized carbons (Fsp3) is 0.500. The molecule has 1 atom stereocenters. The molecule has 192 valence electrons. The first-order valence-corrected chi connectivity index (χ1v) is 12.2. The van der Waals surface area contributed by atoms with E-state index in [0.717, 1.165) is 50.4 Å². The summed E-state index contributed by atoms with van der Waals surface area (Å²) in [4.78, 5) is 26.9. The van der Waals surface area contributed by atoms with E-state index in [1.807, 2.05) is 0 Å². The van der Waals surface area contributed by atoms with Crippen LogP contribution in [0, 0.1) is 11.6 Å². The molecule has 2 amide bonds. The van der Waals surface area contributed by atoms with Gasteiger partial charge in [0, 0.05) is 18.1 Å². The van der Waals surface area contributed by atoms with Crippen LogP contribution < -0.4 is 15.4 Å². The van der Waals surface area contributed by atoms with Gasteiger partial charge in [-0.1, -0.05) is 11.6 Å². The fourth-order valence-electron chi connectivity index (χ4n) is 3.57. The number of rotatable bonds is 11. The van der Waals surface area contributed by atoms with Crippen molar-refractivity contribution in [2.45, 2.75) is 38.4 Å². The molecule has 0 spiro atoms. The number of benzene rings is 1. The molecule has 0 radical (unpaired) electrons. The summed E-state index contributed by atoms with van der Waals surface area (Å²) < 4.78 is 42.1. The zero-order valence-corrected chi connectivity index (χ0v) is 20.7. The van der Waals surface area contributed by atoms with Gasteiger partial charge in [-0.05, 0) is 62.4 Å². The van der Waals surface area contributed by atoms with Crippen molar-refractivity contribution in [3.8, 4) is 5.88 Å². The minimum atomic E-state index is -0.912. The quantitative estimate of drug-likeness (QED) is 0.377. The Labute approximate surface area is 210 Å². The van der Waals surface area contributed by atoms with E-state index >= 15 is 0 Å². The van der Waals surface area contributed by atoms with E-state index in [4.69, 9.17) is 21.1 Å². The molecule has 1 aromatic heterocycles. The number of carbonyl (C=O) groups is 2. The number of amides is 2. The van der Waals surface area contributed by atoms with E-state index in [1.165, 1.54) is 12.8 Å². The maximum Gasteiger partial charge on any atom is 0.346 e. The Morgan fingerprint density at radius 2 is 1.94 bits per heavy atom. The van der Waals surface area contributed by atoms with E-state index < -0.39 is 41.9 Å². The van der Waals surface area contributed by atoms with Crippen molar-refractivity contribution in [2.75, 3.05) is 38.6 Å². The van der Waals surface area contributed by atoms with Gasteiger partial charge < -0.3 is 24.8 Å². The van der Waals surface area contributed by atoms with Crippen LogP contribution in [0.15, 0.2) is 12.1 Å². The summed E-state index contributed by atoms with van der Waals surface area (Å²) in [5.41, 5.74) is -0.582. The standard InChI is InChI=1S/C22H27ClF2N4O5S/c1-33-21(31)18-19(34-12-15-16(24)10-13(23)11-17(15)25)28-35-20(18)27-22(32)26-6-4-14(30)5-9-29-7-2-3-8-29/h10-11,14,30H,2-9,12H2,1H3,(H2,26,27,32). The van der Waals surface area contributed by atoms with E-state index in [9.17, 15) is 23.5 Å². The van der Waals surface area contributed by atoms with Gasteiger partial charge in [0.2, 0.25) is 5.88 Å². The topological polar surface area (TPSA) is 113 Å². The molecule has 0 saturated carbocycles. The Morgan fingerprint density at radius 3 is 2.60 bits per heavy atom. The predicted octanol–water partition coefficient (Wildman–Crippen LogP) is 3.80. The number of likely N-dealkylation sites (tertiary alicyclic amines) is 1. The summed E-state index contributed by atoms with van der Waals surface area (Å²) in [6, 6.07) is 1.25. The highest BCUT2D eigenvalue weighted by atomic mass is 35.5. The summed E-state index contributed by atoms with van der Waals surface area (Å²) in [7, 11) is 1.13. The van der Waals surface area contributed by atoms with Gasteiger partial charge in [0.1, 0.15) is 23.2 Å². The number of ether oxygens (including phenoxy) is 2. The number of hydrogen-bond acceptors (Lipinski definition) is 8. The molecule has 1 aliphatic rings. The van der Waals surface area contributed by atoms with Crippen LogP contribution in [-0.4, -0.2) is 65.8 Å². The monoisotopic (exact) mass is 532 g/mol. The summed E-state index contributed by atoms with van der Waals surface area (Å²) in [6.07, 6.45) is 2.83. The van der Waals surface area contributed by atoms with Gasteiger partial charge in [0.25, 0.3) is 0 Å². The van der Waals surface area contributed by atoms with Crippen LogP contribution in [0.25, 0.3) is 0 Å². The molecule has 35 heavy (non-hydrogen) atoms.